The fourth-order valence-corrected chi connectivity index (χ4v) is 2.20. The first-order valence-corrected chi connectivity index (χ1v) is 7.50. The van der Waals surface area contributed by atoms with Crippen LogP contribution in [0.2, 0.25) is 0 Å². The van der Waals surface area contributed by atoms with Crippen molar-refractivity contribution in [2.75, 3.05) is 0 Å². The second-order valence-electron chi connectivity index (χ2n) is 6.94. The molecule has 1 aliphatic heterocycles. The van der Waals surface area contributed by atoms with Gasteiger partial charge in [-0.05, 0) is 27.7 Å². The quantitative estimate of drug-likeness (QED) is 0.866. The average Bonchev–Trinajstić information content (AvgIpc) is 2.57. The van der Waals surface area contributed by atoms with Gasteiger partial charge in [-0.2, -0.15) is 0 Å². The fourth-order valence-electron chi connectivity index (χ4n) is 2.20. The topological polar surface area (TPSA) is 30.5 Å². The zero-order valence-electron chi connectivity index (χ0n) is 13.8. The Morgan fingerprint density at radius 3 is 2.24 bits per heavy atom. The van der Waals surface area contributed by atoms with Crippen molar-refractivity contribution in [3.05, 3.63) is 29.6 Å². The summed E-state index contributed by atoms with van der Waals surface area (Å²) in [6.45, 7) is 12.4. The highest BCUT2D eigenvalue weighted by molar-refractivity contribution is 6.62. The van der Waals surface area contributed by atoms with Crippen LogP contribution in [0, 0.1) is 5.82 Å². The number of nitrogens with one attached hydrogen (secondary N) is 1. The van der Waals surface area contributed by atoms with Gasteiger partial charge in [0.25, 0.3) is 0 Å². The number of hydrogen-bond donors (Lipinski definition) is 1. The second-order valence-corrected chi connectivity index (χ2v) is 6.94. The molecule has 0 spiro atoms. The molecule has 0 bridgehead atoms. The molecule has 0 atom stereocenters. The van der Waals surface area contributed by atoms with Gasteiger partial charge < -0.3 is 14.6 Å². The minimum absolute atomic E-state index is 0.246. The lowest BCUT2D eigenvalue weighted by Crippen LogP contribution is -2.41. The Hall–Kier alpha value is -0.905. The van der Waals surface area contributed by atoms with E-state index in [0.717, 1.165) is 0 Å². The molecule has 116 valence electrons. The SMILES string of the molecule is CC(C)NCc1cccc(B2OC(C)(C)C(C)(C)O2)c1F. The van der Waals surface area contributed by atoms with Gasteiger partial charge in [-0.15, -0.1) is 0 Å². The normalized spacial score (nSPS) is 20.3. The van der Waals surface area contributed by atoms with E-state index in [2.05, 4.69) is 5.32 Å². The zero-order chi connectivity index (χ0) is 15.8. The summed E-state index contributed by atoms with van der Waals surface area (Å²) in [6, 6.07) is 5.68. The van der Waals surface area contributed by atoms with E-state index in [0.29, 0.717) is 23.6 Å². The molecule has 0 amide bonds. The zero-order valence-corrected chi connectivity index (χ0v) is 13.8. The van der Waals surface area contributed by atoms with Crippen LogP contribution in [0.4, 0.5) is 4.39 Å². The van der Waals surface area contributed by atoms with Gasteiger partial charge in [0.1, 0.15) is 5.82 Å². The summed E-state index contributed by atoms with van der Waals surface area (Å²) >= 11 is 0. The molecular formula is C16H25BFNO2. The maximum atomic E-state index is 14.7. The van der Waals surface area contributed by atoms with Crippen molar-refractivity contribution in [3.8, 4) is 0 Å². The standard InChI is InChI=1S/C16H25BFNO2/c1-11(2)19-10-12-8-7-9-13(14(12)18)17-20-15(3,4)16(5,6)21-17/h7-9,11,19H,10H2,1-6H3. The Morgan fingerprint density at radius 2 is 1.71 bits per heavy atom. The fraction of sp³-hybridized carbons (Fsp3) is 0.625. The van der Waals surface area contributed by atoms with Crippen LogP contribution in [0.25, 0.3) is 0 Å². The molecule has 1 fully saturated rings. The van der Waals surface area contributed by atoms with Gasteiger partial charge >= 0.3 is 7.12 Å². The molecule has 0 aliphatic carbocycles. The molecule has 1 aromatic rings. The van der Waals surface area contributed by atoms with E-state index in [1.54, 1.807) is 12.1 Å². The minimum atomic E-state index is -0.658. The van der Waals surface area contributed by atoms with Gasteiger partial charge in [0, 0.05) is 23.6 Å². The summed E-state index contributed by atoms with van der Waals surface area (Å²) in [5.41, 5.74) is 0.180. The molecule has 3 nitrogen and oxygen atoms in total. The highest BCUT2D eigenvalue weighted by Crippen LogP contribution is 2.36. The van der Waals surface area contributed by atoms with Crippen molar-refractivity contribution in [1.29, 1.82) is 0 Å². The van der Waals surface area contributed by atoms with Crippen molar-refractivity contribution in [2.24, 2.45) is 0 Å². The second kappa shape index (κ2) is 5.71. The Kier molecular flexibility index (Phi) is 4.48. The van der Waals surface area contributed by atoms with E-state index < -0.39 is 18.3 Å². The van der Waals surface area contributed by atoms with Gasteiger partial charge in [-0.25, -0.2) is 4.39 Å². The van der Waals surface area contributed by atoms with Crippen LogP contribution in [-0.2, 0) is 15.9 Å². The predicted molar refractivity (Wildman–Crippen MR) is 84.1 cm³/mol. The lowest BCUT2D eigenvalue weighted by atomic mass is 9.78. The van der Waals surface area contributed by atoms with Crippen LogP contribution in [-0.4, -0.2) is 24.4 Å². The first kappa shape index (κ1) is 16.5. The monoisotopic (exact) mass is 293 g/mol. The molecule has 1 aromatic carbocycles. The highest BCUT2D eigenvalue weighted by atomic mass is 19.1. The Balaban J connectivity index is 2.24. The Morgan fingerprint density at radius 1 is 1.14 bits per heavy atom. The minimum Gasteiger partial charge on any atom is -0.399 e. The summed E-state index contributed by atoms with van der Waals surface area (Å²) in [7, 11) is -0.658. The maximum Gasteiger partial charge on any atom is 0.497 e. The molecular weight excluding hydrogens is 268 g/mol. The van der Waals surface area contributed by atoms with E-state index in [4.69, 9.17) is 9.31 Å². The molecule has 0 aromatic heterocycles. The summed E-state index contributed by atoms with van der Waals surface area (Å²) < 4.78 is 26.5. The van der Waals surface area contributed by atoms with Crippen LogP contribution in [0.3, 0.4) is 0 Å². The van der Waals surface area contributed by atoms with Crippen molar-refractivity contribution in [2.45, 2.75) is 65.3 Å². The van der Waals surface area contributed by atoms with Gasteiger partial charge in [0.2, 0.25) is 0 Å². The average molecular weight is 293 g/mol. The first-order chi connectivity index (χ1) is 9.64. The third-order valence-corrected chi connectivity index (χ3v) is 4.32. The van der Waals surface area contributed by atoms with Crippen LogP contribution in [0.1, 0.15) is 47.1 Å². The van der Waals surface area contributed by atoms with Crippen molar-refractivity contribution in [3.63, 3.8) is 0 Å². The number of hydrogen-bond acceptors (Lipinski definition) is 3. The summed E-state index contributed by atoms with van der Waals surface area (Å²) in [5, 5.41) is 3.23. The lowest BCUT2D eigenvalue weighted by molar-refractivity contribution is 0.00578. The smallest absolute Gasteiger partial charge is 0.399 e. The molecule has 0 saturated carbocycles. The molecule has 0 radical (unpaired) electrons. The third kappa shape index (κ3) is 3.30. The molecule has 5 heteroatoms. The van der Waals surface area contributed by atoms with E-state index in [-0.39, 0.29) is 5.82 Å². The van der Waals surface area contributed by atoms with Crippen LogP contribution in [0.15, 0.2) is 18.2 Å². The lowest BCUT2D eigenvalue weighted by Gasteiger charge is -2.32. The molecule has 1 heterocycles. The van der Waals surface area contributed by atoms with Crippen LogP contribution in [0.5, 0.6) is 0 Å². The van der Waals surface area contributed by atoms with Crippen molar-refractivity contribution >= 4 is 12.6 Å². The van der Waals surface area contributed by atoms with Crippen molar-refractivity contribution in [1.82, 2.24) is 5.32 Å². The third-order valence-electron chi connectivity index (χ3n) is 4.32. The van der Waals surface area contributed by atoms with E-state index in [9.17, 15) is 4.39 Å². The van der Waals surface area contributed by atoms with Crippen LogP contribution < -0.4 is 10.8 Å². The Bertz CT molecular complexity index is 501. The number of rotatable bonds is 4. The summed E-state index contributed by atoms with van der Waals surface area (Å²) in [5.74, 6) is -0.246. The van der Waals surface area contributed by atoms with Gasteiger partial charge in [-0.3, -0.25) is 0 Å². The number of benzene rings is 1. The predicted octanol–water partition coefficient (Wildman–Crippen LogP) is 2.62. The molecule has 1 aliphatic rings. The highest BCUT2D eigenvalue weighted by Gasteiger charge is 2.52. The van der Waals surface area contributed by atoms with Crippen molar-refractivity contribution < 1.29 is 13.7 Å². The maximum absolute atomic E-state index is 14.7. The Labute approximate surface area is 127 Å². The van der Waals surface area contributed by atoms with E-state index >= 15 is 0 Å². The van der Waals surface area contributed by atoms with E-state index in [1.807, 2.05) is 47.6 Å². The number of halogens is 1. The van der Waals surface area contributed by atoms with E-state index in [1.165, 1.54) is 0 Å². The first-order valence-electron chi connectivity index (χ1n) is 7.50. The molecule has 1 N–H and O–H groups in total. The molecule has 0 unspecified atom stereocenters. The molecule has 21 heavy (non-hydrogen) atoms. The van der Waals surface area contributed by atoms with Crippen LogP contribution >= 0.6 is 0 Å². The molecule has 2 rings (SSSR count). The molecule has 1 saturated heterocycles. The largest absolute Gasteiger partial charge is 0.497 e. The van der Waals surface area contributed by atoms with Gasteiger partial charge in [-0.1, -0.05) is 32.0 Å². The van der Waals surface area contributed by atoms with Gasteiger partial charge in [0.15, 0.2) is 0 Å². The summed E-state index contributed by atoms with van der Waals surface area (Å²) in [4.78, 5) is 0. The van der Waals surface area contributed by atoms with Gasteiger partial charge in [0.05, 0.1) is 11.2 Å². The summed E-state index contributed by atoms with van der Waals surface area (Å²) in [6.07, 6.45) is 0.